The van der Waals surface area contributed by atoms with E-state index in [4.69, 9.17) is 9.47 Å². The van der Waals surface area contributed by atoms with Crippen molar-refractivity contribution < 1.29 is 9.47 Å². The number of hydrogen-bond donors (Lipinski definition) is 0. The lowest BCUT2D eigenvalue weighted by Crippen LogP contribution is -2.31. The molecule has 1 heterocycles. The Balaban J connectivity index is 2.03. The van der Waals surface area contributed by atoms with Crippen LogP contribution in [0.4, 0.5) is 0 Å². The minimum absolute atomic E-state index is 0.0790. The normalized spacial score (nSPS) is 23.8. The highest BCUT2D eigenvalue weighted by molar-refractivity contribution is 7.95. The summed E-state index contributed by atoms with van der Waals surface area (Å²) >= 11 is 0. The van der Waals surface area contributed by atoms with Gasteiger partial charge in [0.1, 0.15) is 11.9 Å². The molecule has 116 valence electrons. The van der Waals surface area contributed by atoms with Gasteiger partial charge in [-0.3, -0.25) is 0 Å². The molecule has 3 heteroatoms. The van der Waals surface area contributed by atoms with Crippen LogP contribution in [0.3, 0.4) is 0 Å². The quantitative estimate of drug-likeness (QED) is 0.803. The Kier molecular flexibility index (Phi) is 4.57. The molecule has 0 unspecified atom stereocenters. The zero-order valence-corrected chi connectivity index (χ0v) is 14.2. The number of ether oxygens (including phenoxy) is 2. The third-order valence-corrected chi connectivity index (χ3v) is 4.99. The molecule has 22 heavy (non-hydrogen) atoms. The van der Waals surface area contributed by atoms with Gasteiger partial charge in [0, 0.05) is 11.1 Å². The zero-order valence-electron chi connectivity index (χ0n) is 13.4. The van der Waals surface area contributed by atoms with Gasteiger partial charge in [-0.2, -0.15) is 0 Å². The van der Waals surface area contributed by atoms with Crippen molar-refractivity contribution in [3.05, 3.63) is 71.8 Å². The van der Waals surface area contributed by atoms with E-state index in [1.54, 1.807) is 0 Å². The second-order valence-corrected chi connectivity index (χ2v) is 8.28. The van der Waals surface area contributed by atoms with Crippen LogP contribution in [0.15, 0.2) is 60.7 Å². The standard InChI is InChI=1S/C19H23O2S/c1-15-18(14-22(2)3)21-19(20-15,16-10-6-4-7-11-16)17-12-8-5-9-13-17/h4-13,15,18H,14H2,1-3H3/q+1/t15-,18-/m1/s1. The molecule has 2 aromatic carbocycles. The Labute approximate surface area is 135 Å². The highest BCUT2D eigenvalue weighted by Crippen LogP contribution is 2.43. The first-order chi connectivity index (χ1) is 10.6. The average molecular weight is 315 g/mol. The molecule has 0 spiro atoms. The van der Waals surface area contributed by atoms with Gasteiger partial charge in [0.2, 0.25) is 5.79 Å². The van der Waals surface area contributed by atoms with Crippen LogP contribution in [0.1, 0.15) is 18.1 Å². The fourth-order valence-corrected chi connectivity index (χ4v) is 3.92. The maximum Gasteiger partial charge on any atom is 0.223 e. The van der Waals surface area contributed by atoms with Gasteiger partial charge in [-0.1, -0.05) is 60.7 Å². The summed E-state index contributed by atoms with van der Waals surface area (Å²) in [5, 5.41) is 0. The van der Waals surface area contributed by atoms with Crippen LogP contribution in [-0.2, 0) is 26.2 Å². The van der Waals surface area contributed by atoms with Crippen LogP contribution in [-0.4, -0.2) is 30.5 Å². The molecule has 2 atom stereocenters. The predicted octanol–water partition coefficient (Wildman–Crippen LogP) is 3.57. The summed E-state index contributed by atoms with van der Waals surface area (Å²) in [5.74, 6) is 0.245. The van der Waals surface area contributed by atoms with Gasteiger partial charge in [-0.15, -0.1) is 0 Å². The topological polar surface area (TPSA) is 18.5 Å². The molecular weight excluding hydrogens is 292 g/mol. The molecule has 0 amide bonds. The van der Waals surface area contributed by atoms with E-state index in [1.807, 2.05) is 36.4 Å². The maximum atomic E-state index is 6.53. The third kappa shape index (κ3) is 2.94. The molecule has 0 aromatic heterocycles. The van der Waals surface area contributed by atoms with Gasteiger partial charge >= 0.3 is 0 Å². The molecule has 1 aliphatic heterocycles. The highest BCUT2D eigenvalue weighted by Gasteiger charge is 2.49. The maximum absolute atomic E-state index is 6.53. The van der Waals surface area contributed by atoms with E-state index >= 15 is 0 Å². The number of hydrogen-bond acceptors (Lipinski definition) is 2. The first-order valence-corrected chi connectivity index (χ1v) is 9.84. The Morgan fingerprint density at radius 2 is 1.36 bits per heavy atom. The molecule has 0 aliphatic carbocycles. The Hall–Kier alpha value is -1.29. The molecule has 1 saturated heterocycles. The molecule has 2 aromatic rings. The van der Waals surface area contributed by atoms with Crippen molar-refractivity contribution in [2.45, 2.75) is 24.9 Å². The molecular formula is C19H23O2S+. The lowest BCUT2D eigenvalue weighted by Gasteiger charge is -2.29. The molecule has 0 saturated carbocycles. The van der Waals surface area contributed by atoms with Gasteiger partial charge in [0.05, 0.1) is 18.6 Å². The van der Waals surface area contributed by atoms with Crippen LogP contribution >= 0.6 is 0 Å². The van der Waals surface area contributed by atoms with Crippen molar-refractivity contribution in [1.29, 1.82) is 0 Å². The summed E-state index contributed by atoms with van der Waals surface area (Å²) in [6, 6.07) is 20.5. The van der Waals surface area contributed by atoms with E-state index in [1.165, 1.54) is 0 Å². The van der Waals surface area contributed by atoms with Crippen LogP contribution in [0, 0.1) is 0 Å². The van der Waals surface area contributed by atoms with Crippen molar-refractivity contribution >= 4 is 10.9 Å². The smallest absolute Gasteiger partial charge is 0.223 e. The second kappa shape index (κ2) is 6.45. The molecule has 0 N–H and O–H groups in total. The number of benzene rings is 2. The molecule has 0 radical (unpaired) electrons. The van der Waals surface area contributed by atoms with Crippen molar-refractivity contribution in [2.24, 2.45) is 0 Å². The SMILES string of the molecule is C[C@H]1OC(c2ccccc2)(c2ccccc2)O[C@@H]1C[S+](C)C. The summed E-state index contributed by atoms with van der Waals surface area (Å²) in [6.07, 6.45) is 4.71. The van der Waals surface area contributed by atoms with Gasteiger partial charge in [-0.05, 0) is 17.8 Å². The van der Waals surface area contributed by atoms with Crippen molar-refractivity contribution in [2.75, 3.05) is 18.3 Å². The summed E-state index contributed by atoms with van der Waals surface area (Å²) in [5.41, 5.74) is 2.12. The Bertz CT molecular complexity index is 558. The molecule has 1 fully saturated rings. The van der Waals surface area contributed by atoms with Crippen LogP contribution in [0.25, 0.3) is 0 Å². The van der Waals surface area contributed by atoms with E-state index in [0.29, 0.717) is 10.9 Å². The molecule has 3 rings (SSSR count). The van der Waals surface area contributed by atoms with Crippen molar-refractivity contribution in [3.63, 3.8) is 0 Å². The second-order valence-electron chi connectivity index (χ2n) is 5.98. The zero-order chi connectivity index (χ0) is 15.6. The van der Waals surface area contributed by atoms with Gasteiger partial charge in [0.25, 0.3) is 0 Å². The Morgan fingerprint density at radius 3 is 1.82 bits per heavy atom. The molecule has 2 nitrogen and oxygen atoms in total. The molecule has 1 aliphatic rings. The largest absolute Gasteiger partial charge is 0.336 e. The monoisotopic (exact) mass is 315 g/mol. The lowest BCUT2D eigenvalue weighted by molar-refractivity contribution is -0.147. The third-order valence-electron chi connectivity index (χ3n) is 4.00. The minimum atomic E-state index is -0.786. The van der Waals surface area contributed by atoms with E-state index in [2.05, 4.69) is 43.7 Å². The van der Waals surface area contributed by atoms with E-state index in [0.717, 1.165) is 16.9 Å². The van der Waals surface area contributed by atoms with Gasteiger partial charge in [-0.25, -0.2) is 0 Å². The van der Waals surface area contributed by atoms with Crippen molar-refractivity contribution in [1.82, 2.24) is 0 Å². The summed E-state index contributed by atoms with van der Waals surface area (Å²) < 4.78 is 12.9. The van der Waals surface area contributed by atoms with Gasteiger partial charge < -0.3 is 9.47 Å². The first-order valence-electron chi connectivity index (χ1n) is 7.63. The fourth-order valence-electron chi connectivity index (χ4n) is 2.93. The van der Waals surface area contributed by atoms with Crippen LogP contribution in [0.2, 0.25) is 0 Å². The predicted molar refractivity (Wildman–Crippen MR) is 93.2 cm³/mol. The fraction of sp³-hybridized carbons (Fsp3) is 0.368. The summed E-state index contributed by atoms with van der Waals surface area (Å²) in [6.45, 7) is 2.12. The first kappa shape index (κ1) is 15.6. The Morgan fingerprint density at radius 1 is 0.864 bits per heavy atom. The van der Waals surface area contributed by atoms with Crippen LogP contribution < -0.4 is 0 Å². The van der Waals surface area contributed by atoms with E-state index < -0.39 is 5.79 Å². The van der Waals surface area contributed by atoms with Gasteiger partial charge in [0.15, 0.2) is 0 Å². The van der Waals surface area contributed by atoms with Crippen LogP contribution in [0.5, 0.6) is 0 Å². The van der Waals surface area contributed by atoms with E-state index in [-0.39, 0.29) is 12.2 Å². The highest BCUT2D eigenvalue weighted by atomic mass is 32.2. The average Bonchev–Trinajstić information content (AvgIpc) is 2.86. The molecule has 0 bridgehead atoms. The van der Waals surface area contributed by atoms with E-state index in [9.17, 15) is 0 Å². The lowest BCUT2D eigenvalue weighted by atomic mass is 9.97. The summed E-state index contributed by atoms with van der Waals surface area (Å²) in [7, 11) is 0.323. The summed E-state index contributed by atoms with van der Waals surface area (Å²) in [4.78, 5) is 0. The van der Waals surface area contributed by atoms with Crippen molar-refractivity contribution in [3.8, 4) is 0 Å². The minimum Gasteiger partial charge on any atom is -0.336 e. The number of rotatable bonds is 4.